The van der Waals surface area contributed by atoms with Gasteiger partial charge in [0.25, 0.3) is 17.7 Å². The summed E-state index contributed by atoms with van der Waals surface area (Å²) in [7, 11) is 0.587. The highest BCUT2D eigenvalue weighted by Gasteiger charge is 2.39. The maximum atomic E-state index is 14.3. The molecular formula is C34H57N5O7S. The standard InChI is InChI=1S/C34H57N5O7S/c1-23-18-26(41)19-24(2)27(23)21-29(36)32(43)37-22-31(42)39(33(44)28(35)14-17-47(4)46)34(45)30(20-25-12-8-7-9-13-25)38(3)15-10-5-6-11-16-40/h18-19,25,28-30,40-41H,5-17,20-22,35-36H2,1-4H3,(H,37,43)/t28?,29-,30+,47?/m1/s1. The van der Waals surface area contributed by atoms with Gasteiger partial charge >= 0.3 is 0 Å². The monoisotopic (exact) mass is 679 g/mol. The molecule has 4 atom stereocenters. The molecule has 47 heavy (non-hydrogen) atoms. The quantitative estimate of drug-likeness (QED) is 0.135. The molecule has 13 heteroatoms. The number of carbonyl (C=O) groups is 4. The van der Waals surface area contributed by atoms with Crippen molar-refractivity contribution in [3.05, 3.63) is 28.8 Å². The number of aliphatic hydroxyl groups excluding tert-OH is 1. The van der Waals surface area contributed by atoms with Gasteiger partial charge in [0.1, 0.15) is 5.75 Å². The van der Waals surface area contributed by atoms with Crippen LogP contribution in [0.2, 0.25) is 0 Å². The van der Waals surface area contributed by atoms with Crippen molar-refractivity contribution in [2.75, 3.05) is 38.8 Å². The number of nitrogens with one attached hydrogen (secondary N) is 1. The zero-order valence-corrected chi connectivity index (χ0v) is 29.5. The summed E-state index contributed by atoms with van der Waals surface area (Å²) in [5.41, 5.74) is 14.7. The lowest BCUT2D eigenvalue weighted by Gasteiger charge is -2.35. The van der Waals surface area contributed by atoms with Crippen LogP contribution in [0.3, 0.4) is 0 Å². The van der Waals surface area contributed by atoms with Crippen molar-refractivity contribution >= 4 is 34.4 Å². The van der Waals surface area contributed by atoms with Crippen molar-refractivity contribution in [1.29, 1.82) is 0 Å². The number of phenolic OH excluding ortho intramolecular Hbond substituents is 1. The van der Waals surface area contributed by atoms with Gasteiger partial charge in [-0.2, -0.15) is 0 Å². The molecule has 266 valence electrons. The SMILES string of the molecule is Cc1cc(O)cc(C)c1C[C@@H](N)C(=O)NCC(=O)N(C(=O)C(N)CCS(C)=O)C(=O)[C@H](CC1CCCCC1)N(C)CCCCCCO. The third kappa shape index (κ3) is 13.4. The number of likely N-dealkylation sites (N-methyl/N-ethyl adjacent to an activating group) is 1. The predicted molar refractivity (Wildman–Crippen MR) is 184 cm³/mol. The van der Waals surface area contributed by atoms with Crippen LogP contribution in [0.1, 0.15) is 87.3 Å². The maximum Gasteiger partial charge on any atom is 0.255 e. The molecule has 0 radical (unpaired) electrons. The van der Waals surface area contributed by atoms with Crippen LogP contribution < -0.4 is 16.8 Å². The molecule has 0 aromatic heterocycles. The van der Waals surface area contributed by atoms with Crippen molar-refractivity contribution in [3.63, 3.8) is 0 Å². The fraction of sp³-hybridized carbons (Fsp3) is 0.706. The number of hydrogen-bond donors (Lipinski definition) is 5. The highest BCUT2D eigenvalue weighted by molar-refractivity contribution is 7.84. The first kappa shape index (κ1) is 40.5. The van der Waals surface area contributed by atoms with E-state index < -0.39 is 59.1 Å². The van der Waals surface area contributed by atoms with Gasteiger partial charge in [-0.25, -0.2) is 4.90 Å². The van der Waals surface area contributed by atoms with Gasteiger partial charge < -0.3 is 27.0 Å². The van der Waals surface area contributed by atoms with Gasteiger partial charge in [-0.3, -0.25) is 28.3 Å². The maximum absolute atomic E-state index is 14.3. The van der Waals surface area contributed by atoms with E-state index in [4.69, 9.17) is 16.6 Å². The van der Waals surface area contributed by atoms with Crippen LogP contribution in [0.25, 0.3) is 0 Å². The third-order valence-electron chi connectivity index (χ3n) is 9.10. The molecule has 2 unspecified atom stereocenters. The number of amides is 4. The lowest BCUT2D eigenvalue weighted by Crippen LogP contribution is -2.58. The number of unbranched alkanes of at least 4 members (excludes halogenated alkanes) is 3. The van der Waals surface area contributed by atoms with Crippen molar-refractivity contribution in [1.82, 2.24) is 15.1 Å². The fourth-order valence-electron chi connectivity index (χ4n) is 6.25. The highest BCUT2D eigenvalue weighted by Crippen LogP contribution is 2.29. The number of carbonyl (C=O) groups excluding carboxylic acids is 4. The minimum Gasteiger partial charge on any atom is -0.508 e. The number of rotatable bonds is 19. The zero-order valence-electron chi connectivity index (χ0n) is 28.7. The summed E-state index contributed by atoms with van der Waals surface area (Å²) >= 11 is 0. The first-order valence-electron chi connectivity index (χ1n) is 16.9. The number of benzene rings is 1. The molecular weight excluding hydrogens is 622 g/mol. The van der Waals surface area contributed by atoms with E-state index in [1.165, 1.54) is 6.26 Å². The molecule has 1 aromatic carbocycles. The molecule has 0 bridgehead atoms. The first-order chi connectivity index (χ1) is 22.3. The molecule has 0 heterocycles. The number of imide groups is 3. The summed E-state index contributed by atoms with van der Waals surface area (Å²) in [6, 6.07) is 0.152. The van der Waals surface area contributed by atoms with E-state index in [-0.39, 0.29) is 36.9 Å². The Labute approximate surface area is 282 Å². The Morgan fingerprint density at radius 2 is 1.60 bits per heavy atom. The third-order valence-corrected chi connectivity index (χ3v) is 9.91. The fourth-order valence-corrected chi connectivity index (χ4v) is 6.84. The van der Waals surface area contributed by atoms with Gasteiger partial charge in [0.2, 0.25) is 5.91 Å². The highest BCUT2D eigenvalue weighted by atomic mass is 32.2. The van der Waals surface area contributed by atoms with Crippen LogP contribution in [-0.4, -0.2) is 105 Å². The molecule has 0 spiro atoms. The molecule has 4 amide bonds. The number of aryl methyl sites for hydroxylation is 2. The van der Waals surface area contributed by atoms with Crippen LogP contribution in [0.5, 0.6) is 5.75 Å². The van der Waals surface area contributed by atoms with Crippen LogP contribution in [0.15, 0.2) is 12.1 Å². The van der Waals surface area contributed by atoms with Gasteiger partial charge in [0.05, 0.1) is 24.7 Å². The Bertz CT molecular complexity index is 1200. The van der Waals surface area contributed by atoms with Crippen molar-refractivity contribution in [3.8, 4) is 5.75 Å². The summed E-state index contributed by atoms with van der Waals surface area (Å²) in [5, 5.41) is 21.5. The smallest absolute Gasteiger partial charge is 0.255 e. The van der Waals surface area contributed by atoms with Crippen LogP contribution in [0.4, 0.5) is 0 Å². The zero-order chi connectivity index (χ0) is 35.1. The van der Waals surface area contributed by atoms with E-state index in [1.807, 2.05) is 11.9 Å². The van der Waals surface area contributed by atoms with E-state index in [0.29, 0.717) is 24.3 Å². The molecule has 2 rings (SSSR count). The summed E-state index contributed by atoms with van der Waals surface area (Å²) < 4.78 is 11.7. The Morgan fingerprint density at radius 3 is 2.19 bits per heavy atom. The van der Waals surface area contributed by atoms with Crippen LogP contribution in [0, 0.1) is 19.8 Å². The first-order valence-corrected chi connectivity index (χ1v) is 18.6. The van der Waals surface area contributed by atoms with Gasteiger partial charge in [-0.05, 0) is 94.3 Å². The summed E-state index contributed by atoms with van der Waals surface area (Å²) in [5.74, 6) is -2.59. The van der Waals surface area contributed by atoms with Crippen molar-refractivity contribution < 1.29 is 33.6 Å². The second kappa shape index (κ2) is 20.6. The Balaban J connectivity index is 2.27. The van der Waals surface area contributed by atoms with E-state index >= 15 is 0 Å². The lowest BCUT2D eigenvalue weighted by molar-refractivity contribution is -0.157. The molecule has 1 aliphatic carbocycles. The van der Waals surface area contributed by atoms with Crippen LogP contribution in [-0.2, 0) is 36.4 Å². The minimum atomic E-state index is -1.23. The Kier molecular flexibility index (Phi) is 17.7. The normalized spacial score (nSPS) is 16.3. The van der Waals surface area contributed by atoms with Gasteiger partial charge in [-0.1, -0.05) is 44.9 Å². The number of aromatic hydroxyl groups is 1. The topological polar surface area (TPSA) is 196 Å². The summed E-state index contributed by atoms with van der Waals surface area (Å²) in [6.07, 6.45) is 10.6. The molecule has 0 saturated heterocycles. The molecule has 7 N–H and O–H groups in total. The molecule has 12 nitrogen and oxygen atoms in total. The number of hydrogen-bond acceptors (Lipinski definition) is 10. The number of aliphatic hydroxyl groups is 1. The number of phenols is 1. The van der Waals surface area contributed by atoms with Gasteiger partial charge in [-0.15, -0.1) is 0 Å². The minimum absolute atomic E-state index is 0.0234. The average molecular weight is 680 g/mol. The number of nitrogens with two attached hydrogens (primary N) is 2. The molecule has 1 aromatic rings. The van der Waals surface area contributed by atoms with E-state index in [1.54, 1.807) is 26.0 Å². The molecule has 0 aliphatic heterocycles. The van der Waals surface area contributed by atoms with E-state index in [0.717, 1.165) is 68.1 Å². The lowest BCUT2D eigenvalue weighted by atomic mass is 9.84. The second-order valence-electron chi connectivity index (χ2n) is 13.0. The largest absolute Gasteiger partial charge is 0.508 e. The van der Waals surface area contributed by atoms with E-state index in [2.05, 4.69) is 5.32 Å². The van der Waals surface area contributed by atoms with Crippen molar-refractivity contribution in [2.24, 2.45) is 17.4 Å². The van der Waals surface area contributed by atoms with Gasteiger partial charge in [0, 0.05) is 29.4 Å². The van der Waals surface area contributed by atoms with E-state index in [9.17, 15) is 28.5 Å². The summed E-state index contributed by atoms with van der Waals surface area (Å²) in [4.78, 5) is 57.1. The Hall–Kier alpha value is -2.71. The summed E-state index contributed by atoms with van der Waals surface area (Å²) in [6.45, 7) is 3.66. The predicted octanol–water partition coefficient (Wildman–Crippen LogP) is 1.80. The molecule has 1 saturated carbocycles. The van der Waals surface area contributed by atoms with Gasteiger partial charge in [0.15, 0.2) is 0 Å². The molecule has 1 aliphatic rings. The van der Waals surface area contributed by atoms with Crippen LogP contribution >= 0.6 is 0 Å². The second-order valence-corrected chi connectivity index (χ2v) is 14.6. The molecule has 1 fully saturated rings. The Morgan fingerprint density at radius 1 is 0.979 bits per heavy atom. The van der Waals surface area contributed by atoms with Crippen molar-refractivity contribution in [2.45, 2.75) is 109 Å². The number of nitrogens with zero attached hydrogens (tertiary/aromatic N) is 2. The average Bonchev–Trinajstić information content (AvgIpc) is 3.02.